The van der Waals surface area contributed by atoms with Crippen molar-refractivity contribution in [2.45, 2.75) is 19.3 Å². The Kier molecular flexibility index (Phi) is 7.60. The number of nitrogens with one attached hydrogen (secondary N) is 1. The molecule has 0 aliphatic heterocycles. The third kappa shape index (κ3) is 12.1. The maximum absolute atomic E-state index is 3.70. The van der Waals surface area contributed by atoms with E-state index in [2.05, 4.69) is 31.9 Å². The van der Waals surface area contributed by atoms with Crippen LogP contribution in [0.1, 0.15) is 19.3 Å². The molecule has 0 aromatic carbocycles. The summed E-state index contributed by atoms with van der Waals surface area (Å²) in [6, 6.07) is 0. The van der Waals surface area contributed by atoms with Crippen LogP contribution in [0.25, 0.3) is 0 Å². The van der Waals surface area contributed by atoms with Crippen LogP contribution in [-0.2, 0) is 0 Å². The second-order valence-corrected chi connectivity index (χ2v) is 9.58. The summed E-state index contributed by atoms with van der Waals surface area (Å²) in [5.41, 5.74) is 0. The minimum absolute atomic E-state index is 0.533. The number of hydrogen-bond acceptors (Lipinski definition) is 1. The van der Waals surface area contributed by atoms with Gasteiger partial charge in [-0.15, -0.1) is 6.58 Å². The molecule has 1 nitrogen and oxygen atoms in total. The molecule has 0 fully saturated rings. The Morgan fingerprint density at radius 3 is 2.31 bits per heavy atom. The average molecular weight is 202 g/mol. The van der Waals surface area contributed by atoms with E-state index in [-0.39, 0.29) is 0 Å². The lowest BCUT2D eigenvalue weighted by Gasteiger charge is -2.11. The van der Waals surface area contributed by atoms with E-state index < -0.39 is 7.26 Å². The van der Waals surface area contributed by atoms with Crippen molar-refractivity contribution in [1.82, 2.24) is 5.32 Å². The molecule has 0 saturated heterocycles. The first-order valence-electron chi connectivity index (χ1n) is 5.18. The van der Waals surface area contributed by atoms with Crippen molar-refractivity contribution in [2.75, 3.05) is 39.2 Å². The zero-order chi connectivity index (χ0) is 10.2. The van der Waals surface area contributed by atoms with Crippen LogP contribution in [0.15, 0.2) is 12.7 Å². The zero-order valence-electron chi connectivity index (χ0n) is 9.47. The zero-order valence-corrected chi connectivity index (χ0v) is 10.4. The van der Waals surface area contributed by atoms with E-state index in [1.54, 1.807) is 0 Å². The first-order chi connectivity index (χ1) is 6.06. The van der Waals surface area contributed by atoms with Gasteiger partial charge in [-0.05, 0) is 32.4 Å². The molecule has 0 aliphatic carbocycles. The smallest absolute Gasteiger partial charge is 0.0598 e. The highest BCUT2D eigenvalue weighted by Crippen LogP contribution is 2.46. The van der Waals surface area contributed by atoms with Crippen LogP contribution in [0, 0.1) is 0 Å². The normalized spacial score (nSPS) is 11.6. The molecule has 0 aromatic heterocycles. The Bertz CT molecular complexity index is 127. The molecule has 1 N–H and O–H groups in total. The summed E-state index contributed by atoms with van der Waals surface area (Å²) in [6.45, 7) is 13.3. The topological polar surface area (TPSA) is 12.0 Å². The molecule has 0 unspecified atom stereocenters. The summed E-state index contributed by atoms with van der Waals surface area (Å²) < 4.78 is 0. The maximum Gasteiger partial charge on any atom is 0.0598 e. The van der Waals surface area contributed by atoms with Gasteiger partial charge in [-0.3, -0.25) is 0 Å². The van der Waals surface area contributed by atoms with Gasteiger partial charge in [0, 0.05) is 27.3 Å². The number of hydrogen-bond donors (Lipinski definition) is 1. The van der Waals surface area contributed by atoms with Crippen LogP contribution < -0.4 is 5.32 Å². The Morgan fingerprint density at radius 1 is 1.15 bits per heavy atom. The van der Waals surface area contributed by atoms with E-state index >= 15 is 0 Å². The first kappa shape index (κ1) is 13.1. The predicted molar refractivity (Wildman–Crippen MR) is 66.5 cm³/mol. The summed E-state index contributed by atoms with van der Waals surface area (Å²) >= 11 is 0. The van der Waals surface area contributed by atoms with Gasteiger partial charge in [0.25, 0.3) is 0 Å². The Labute approximate surface area is 84.3 Å². The summed E-state index contributed by atoms with van der Waals surface area (Å²) in [7, 11) is -0.533. The summed E-state index contributed by atoms with van der Waals surface area (Å²) in [4.78, 5) is 0. The van der Waals surface area contributed by atoms with Crippen LogP contribution in [0.3, 0.4) is 0 Å². The second kappa shape index (κ2) is 7.53. The monoisotopic (exact) mass is 202 g/mol. The van der Waals surface area contributed by atoms with Gasteiger partial charge in [0.2, 0.25) is 0 Å². The van der Waals surface area contributed by atoms with Crippen molar-refractivity contribution in [2.24, 2.45) is 0 Å². The third-order valence-electron chi connectivity index (χ3n) is 1.94. The highest BCUT2D eigenvalue weighted by atomic mass is 31.2. The molecule has 0 radical (unpaired) electrons. The summed E-state index contributed by atoms with van der Waals surface area (Å²) in [5, 5.41) is 3.46. The van der Waals surface area contributed by atoms with Crippen LogP contribution in [-0.4, -0.2) is 39.2 Å². The molecule has 0 rings (SSSR count). The Hall–Kier alpha value is 0.130. The van der Waals surface area contributed by atoms with Gasteiger partial charge < -0.3 is 5.32 Å². The summed E-state index contributed by atoms with van der Waals surface area (Å²) in [6.07, 6.45) is 7.11. The molecular formula is C11H25NP+. The largest absolute Gasteiger partial charge is 0.317 e. The number of allylic oxidation sites excluding steroid dienone is 1. The molecule has 0 saturated carbocycles. The molecule has 0 aromatic rings. The van der Waals surface area contributed by atoms with Crippen molar-refractivity contribution >= 4 is 7.26 Å². The fourth-order valence-electron chi connectivity index (χ4n) is 1.17. The van der Waals surface area contributed by atoms with Crippen molar-refractivity contribution in [3.05, 3.63) is 12.7 Å². The molecule has 0 amide bonds. The molecule has 2 heteroatoms. The van der Waals surface area contributed by atoms with Gasteiger partial charge in [-0.25, -0.2) is 0 Å². The summed E-state index contributed by atoms with van der Waals surface area (Å²) in [5.74, 6) is 0. The first-order valence-corrected chi connectivity index (χ1v) is 8.50. The molecule has 0 bridgehead atoms. The maximum atomic E-state index is 3.70. The van der Waals surface area contributed by atoms with Crippen molar-refractivity contribution < 1.29 is 0 Å². The lowest BCUT2D eigenvalue weighted by Crippen LogP contribution is -2.17. The second-order valence-electron chi connectivity index (χ2n) is 4.55. The highest BCUT2D eigenvalue weighted by Gasteiger charge is 2.15. The van der Waals surface area contributed by atoms with E-state index in [0.717, 1.165) is 13.0 Å². The van der Waals surface area contributed by atoms with E-state index in [9.17, 15) is 0 Å². The molecule has 0 atom stereocenters. The minimum atomic E-state index is -0.533. The van der Waals surface area contributed by atoms with Crippen LogP contribution in [0.2, 0.25) is 0 Å². The van der Waals surface area contributed by atoms with Crippen molar-refractivity contribution in [3.8, 4) is 0 Å². The lowest BCUT2D eigenvalue weighted by molar-refractivity contribution is 0.646. The molecular weight excluding hydrogens is 177 g/mol. The Balaban J connectivity index is 3.04. The number of rotatable bonds is 8. The predicted octanol–water partition coefficient (Wildman–Crippen LogP) is 2.84. The van der Waals surface area contributed by atoms with Gasteiger partial charge in [0.1, 0.15) is 0 Å². The van der Waals surface area contributed by atoms with Gasteiger partial charge in [-0.2, -0.15) is 0 Å². The highest BCUT2D eigenvalue weighted by molar-refractivity contribution is 7.73. The Morgan fingerprint density at radius 2 is 1.77 bits per heavy atom. The molecule has 78 valence electrons. The molecule has 0 heterocycles. The van der Waals surface area contributed by atoms with Gasteiger partial charge in [0.15, 0.2) is 0 Å². The fourth-order valence-corrected chi connectivity index (χ4v) is 2.28. The third-order valence-corrected chi connectivity index (χ3v) is 3.60. The number of unbranched alkanes of at least 4 members (excludes halogenated alkanes) is 1. The standard InChI is InChI=1S/C11H25NP/c1-5-6-7-9-12-10-8-11-13(2,3)4/h5,12H,1,6-11H2,2-4H3/q+1. The van der Waals surface area contributed by atoms with Crippen LogP contribution in [0.5, 0.6) is 0 Å². The molecule has 0 aliphatic rings. The minimum Gasteiger partial charge on any atom is -0.317 e. The van der Waals surface area contributed by atoms with E-state index in [1.165, 1.54) is 25.5 Å². The van der Waals surface area contributed by atoms with Gasteiger partial charge in [-0.1, -0.05) is 6.08 Å². The van der Waals surface area contributed by atoms with Crippen molar-refractivity contribution in [3.63, 3.8) is 0 Å². The molecule has 13 heavy (non-hydrogen) atoms. The fraction of sp³-hybridized carbons (Fsp3) is 0.818. The van der Waals surface area contributed by atoms with Crippen molar-refractivity contribution in [1.29, 1.82) is 0 Å². The van der Waals surface area contributed by atoms with Crippen LogP contribution >= 0.6 is 7.26 Å². The quantitative estimate of drug-likeness (QED) is 0.362. The van der Waals surface area contributed by atoms with Crippen LogP contribution in [0.4, 0.5) is 0 Å². The van der Waals surface area contributed by atoms with Gasteiger partial charge >= 0.3 is 0 Å². The van der Waals surface area contributed by atoms with E-state index in [1.807, 2.05) is 6.08 Å². The molecule has 0 spiro atoms. The SMILES string of the molecule is C=CCCCNCCC[P+](C)(C)C. The lowest BCUT2D eigenvalue weighted by atomic mass is 10.3. The van der Waals surface area contributed by atoms with E-state index in [0.29, 0.717) is 0 Å². The van der Waals surface area contributed by atoms with E-state index in [4.69, 9.17) is 0 Å². The average Bonchev–Trinajstić information content (AvgIpc) is 2.01. The van der Waals surface area contributed by atoms with Gasteiger partial charge in [0.05, 0.1) is 6.16 Å².